The minimum Gasteiger partial charge on any atom is -0.318 e. The van der Waals surface area contributed by atoms with Gasteiger partial charge in [0.25, 0.3) is 5.91 Å². The maximum absolute atomic E-state index is 11.7. The molecule has 1 amide bonds. The van der Waals surface area contributed by atoms with Crippen molar-refractivity contribution >= 4 is 17.4 Å². The molecule has 4 N–H and O–H groups in total. The number of nitrogens with two attached hydrogens (primary N) is 1. The van der Waals surface area contributed by atoms with E-state index in [1.807, 2.05) is 0 Å². The van der Waals surface area contributed by atoms with Gasteiger partial charge < -0.3 is 10.7 Å². The SMILES string of the molecule is NNc1cncc(C(=O)Nc2cncnc2)n1. The fraction of sp³-hybridized carbons (Fsp3) is 0. The molecule has 2 aromatic rings. The normalized spacial score (nSPS) is 9.71. The number of nitrogens with zero attached hydrogens (tertiary/aromatic N) is 4. The second kappa shape index (κ2) is 4.94. The number of nitrogen functional groups attached to an aromatic ring is 1. The smallest absolute Gasteiger partial charge is 0.276 e. The molecule has 0 aliphatic carbocycles. The molecule has 2 aromatic heterocycles. The van der Waals surface area contributed by atoms with Crippen molar-refractivity contribution in [2.75, 3.05) is 10.7 Å². The molecule has 86 valence electrons. The number of carbonyl (C=O) groups is 1. The first-order chi connectivity index (χ1) is 8.29. The second-order valence-electron chi connectivity index (χ2n) is 3.02. The third-order valence-electron chi connectivity index (χ3n) is 1.83. The summed E-state index contributed by atoms with van der Waals surface area (Å²) in [7, 11) is 0. The number of nitrogens with one attached hydrogen (secondary N) is 2. The Kier molecular flexibility index (Phi) is 3.17. The molecular weight excluding hydrogens is 222 g/mol. The summed E-state index contributed by atoms with van der Waals surface area (Å²) in [6, 6.07) is 0. The van der Waals surface area contributed by atoms with Gasteiger partial charge in [0.1, 0.15) is 12.0 Å². The molecule has 0 saturated heterocycles. The van der Waals surface area contributed by atoms with Crippen LogP contribution in [0.15, 0.2) is 31.1 Å². The zero-order valence-corrected chi connectivity index (χ0v) is 8.66. The molecule has 0 spiro atoms. The summed E-state index contributed by atoms with van der Waals surface area (Å²) >= 11 is 0. The van der Waals surface area contributed by atoms with Crippen molar-refractivity contribution < 1.29 is 4.79 Å². The zero-order chi connectivity index (χ0) is 12.1. The van der Waals surface area contributed by atoms with Gasteiger partial charge in [0.05, 0.1) is 30.5 Å². The quantitative estimate of drug-likeness (QED) is 0.494. The van der Waals surface area contributed by atoms with Crippen molar-refractivity contribution in [3.63, 3.8) is 0 Å². The van der Waals surface area contributed by atoms with Crippen molar-refractivity contribution in [1.29, 1.82) is 0 Å². The molecule has 0 aliphatic rings. The molecule has 2 heterocycles. The lowest BCUT2D eigenvalue weighted by Gasteiger charge is -2.04. The Bertz CT molecular complexity index is 516. The summed E-state index contributed by atoms with van der Waals surface area (Å²) in [5.41, 5.74) is 2.93. The summed E-state index contributed by atoms with van der Waals surface area (Å²) in [6.07, 6.45) is 7.06. The lowest BCUT2D eigenvalue weighted by molar-refractivity contribution is 0.102. The Hall–Kier alpha value is -2.61. The van der Waals surface area contributed by atoms with Crippen molar-refractivity contribution in [3.05, 3.63) is 36.8 Å². The van der Waals surface area contributed by atoms with Crippen molar-refractivity contribution in [2.24, 2.45) is 5.84 Å². The summed E-state index contributed by atoms with van der Waals surface area (Å²) in [4.78, 5) is 27.0. The van der Waals surface area contributed by atoms with Crippen LogP contribution in [0.5, 0.6) is 0 Å². The van der Waals surface area contributed by atoms with Crippen LogP contribution in [0.4, 0.5) is 11.5 Å². The molecule has 0 aromatic carbocycles. The van der Waals surface area contributed by atoms with E-state index in [-0.39, 0.29) is 5.69 Å². The minimum atomic E-state index is -0.413. The van der Waals surface area contributed by atoms with Gasteiger partial charge in [0.15, 0.2) is 5.82 Å². The fourth-order valence-corrected chi connectivity index (χ4v) is 1.10. The summed E-state index contributed by atoms with van der Waals surface area (Å²) in [5, 5.41) is 2.57. The van der Waals surface area contributed by atoms with Crippen molar-refractivity contribution in [2.45, 2.75) is 0 Å². The van der Waals surface area contributed by atoms with Crippen LogP contribution in [-0.2, 0) is 0 Å². The molecule has 0 bridgehead atoms. The number of amides is 1. The van der Waals surface area contributed by atoms with E-state index >= 15 is 0 Å². The molecule has 0 saturated carbocycles. The lowest BCUT2D eigenvalue weighted by atomic mass is 10.4. The van der Waals surface area contributed by atoms with E-state index in [1.165, 1.54) is 31.1 Å². The van der Waals surface area contributed by atoms with Gasteiger partial charge >= 0.3 is 0 Å². The maximum atomic E-state index is 11.7. The minimum absolute atomic E-state index is 0.143. The predicted molar refractivity (Wildman–Crippen MR) is 59.8 cm³/mol. The highest BCUT2D eigenvalue weighted by Crippen LogP contribution is 2.05. The van der Waals surface area contributed by atoms with E-state index in [4.69, 9.17) is 5.84 Å². The van der Waals surface area contributed by atoms with E-state index in [9.17, 15) is 4.79 Å². The second-order valence-corrected chi connectivity index (χ2v) is 3.02. The number of hydrazine groups is 1. The third-order valence-corrected chi connectivity index (χ3v) is 1.83. The highest BCUT2D eigenvalue weighted by molar-refractivity contribution is 6.02. The standard InChI is InChI=1S/C9H9N7O/c10-16-8-4-11-3-7(15-8)9(17)14-6-1-12-5-13-2-6/h1-5H,10H2,(H,14,17)(H,15,16). The first-order valence-electron chi connectivity index (χ1n) is 4.64. The van der Waals surface area contributed by atoms with Crippen LogP contribution in [-0.4, -0.2) is 25.8 Å². The summed E-state index contributed by atoms with van der Waals surface area (Å²) in [5.74, 6) is 5.06. The van der Waals surface area contributed by atoms with Crippen LogP contribution in [0.25, 0.3) is 0 Å². The van der Waals surface area contributed by atoms with Gasteiger partial charge in [-0.15, -0.1) is 0 Å². The fourth-order valence-electron chi connectivity index (χ4n) is 1.10. The Morgan fingerprint density at radius 2 is 1.88 bits per heavy atom. The first-order valence-corrected chi connectivity index (χ1v) is 4.64. The number of rotatable bonds is 3. The largest absolute Gasteiger partial charge is 0.318 e. The molecule has 0 unspecified atom stereocenters. The van der Waals surface area contributed by atoms with Crippen LogP contribution in [0.1, 0.15) is 10.5 Å². The van der Waals surface area contributed by atoms with Gasteiger partial charge in [0, 0.05) is 0 Å². The van der Waals surface area contributed by atoms with Crippen LogP contribution in [0, 0.1) is 0 Å². The van der Waals surface area contributed by atoms with E-state index in [0.717, 1.165) is 0 Å². The number of anilines is 2. The molecule has 8 nitrogen and oxygen atoms in total. The van der Waals surface area contributed by atoms with Gasteiger partial charge in [-0.1, -0.05) is 0 Å². The molecule has 0 fully saturated rings. The lowest BCUT2D eigenvalue weighted by Crippen LogP contribution is -2.16. The Morgan fingerprint density at radius 3 is 2.59 bits per heavy atom. The highest BCUT2D eigenvalue weighted by Gasteiger charge is 2.09. The molecule has 0 radical (unpaired) electrons. The van der Waals surface area contributed by atoms with Gasteiger partial charge in [-0.3, -0.25) is 9.78 Å². The molecule has 0 aliphatic heterocycles. The van der Waals surface area contributed by atoms with E-state index in [0.29, 0.717) is 11.5 Å². The summed E-state index contributed by atoms with van der Waals surface area (Å²) < 4.78 is 0. The number of hydrogen-bond donors (Lipinski definition) is 3. The highest BCUT2D eigenvalue weighted by atomic mass is 16.1. The number of carbonyl (C=O) groups excluding carboxylic acids is 1. The van der Waals surface area contributed by atoms with Gasteiger partial charge in [-0.05, 0) is 0 Å². The van der Waals surface area contributed by atoms with E-state index in [2.05, 4.69) is 30.7 Å². The van der Waals surface area contributed by atoms with Crippen molar-refractivity contribution in [1.82, 2.24) is 19.9 Å². The monoisotopic (exact) mass is 231 g/mol. The van der Waals surface area contributed by atoms with Crippen LogP contribution in [0.2, 0.25) is 0 Å². The van der Waals surface area contributed by atoms with Gasteiger partial charge in [-0.2, -0.15) is 0 Å². The molecule has 2 rings (SSSR count). The maximum Gasteiger partial charge on any atom is 0.276 e. The third kappa shape index (κ3) is 2.69. The van der Waals surface area contributed by atoms with Gasteiger partial charge in [0.2, 0.25) is 0 Å². The Labute approximate surface area is 96.3 Å². The summed E-state index contributed by atoms with van der Waals surface area (Å²) in [6.45, 7) is 0. The molecule has 8 heteroatoms. The van der Waals surface area contributed by atoms with Crippen LogP contribution < -0.4 is 16.6 Å². The molecule has 17 heavy (non-hydrogen) atoms. The molecule has 0 atom stereocenters. The Morgan fingerprint density at radius 1 is 1.12 bits per heavy atom. The Balaban J connectivity index is 2.14. The first kappa shape index (κ1) is 10.9. The van der Waals surface area contributed by atoms with Crippen LogP contribution in [0.3, 0.4) is 0 Å². The molecular formula is C9H9N7O. The average Bonchev–Trinajstić information content (AvgIpc) is 2.40. The zero-order valence-electron chi connectivity index (χ0n) is 8.66. The van der Waals surface area contributed by atoms with Crippen LogP contribution >= 0.6 is 0 Å². The average molecular weight is 231 g/mol. The number of aromatic nitrogens is 4. The van der Waals surface area contributed by atoms with E-state index in [1.54, 1.807) is 0 Å². The van der Waals surface area contributed by atoms with Gasteiger partial charge in [-0.25, -0.2) is 20.8 Å². The topological polar surface area (TPSA) is 119 Å². The predicted octanol–water partition coefficient (Wildman–Crippen LogP) is -0.196. The number of hydrogen-bond acceptors (Lipinski definition) is 7. The van der Waals surface area contributed by atoms with E-state index < -0.39 is 5.91 Å². The van der Waals surface area contributed by atoms with Crippen molar-refractivity contribution in [3.8, 4) is 0 Å².